The average molecular weight is 287 g/mol. The summed E-state index contributed by atoms with van der Waals surface area (Å²) < 4.78 is 10.7. The molecule has 0 bridgehead atoms. The van der Waals surface area contributed by atoms with Gasteiger partial charge in [0.05, 0.1) is 5.56 Å². The lowest BCUT2D eigenvalue weighted by Gasteiger charge is -2.18. The van der Waals surface area contributed by atoms with E-state index in [1.807, 2.05) is 6.92 Å². The predicted molar refractivity (Wildman–Crippen MR) is 74.3 cm³/mol. The molecular weight excluding hydrogens is 270 g/mol. The smallest absolute Gasteiger partial charge is 0.347 e. The lowest BCUT2D eigenvalue weighted by Crippen LogP contribution is -2.31. The van der Waals surface area contributed by atoms with Crippen LogP contribution in [0.2, 0.25) is 0 Å². The molecule has 3 rings (SSSR count). The minimum absolute atomic E-state index is 0.310. The van der Waals surface area contributed by atoms with Gasteiger partial charge in [0.15, 0.2) is 6.10 Å². The van der Waals surface area contributed by atoms with Crippen molar-refractivity contribution in [2.75, 3.05) is 0 Å². The maximum atomic E-state index is 12.1. The molecule has 0 N–H and O–H groups in total. The minimum Gasteiger partial charge on any atom is -0.456 e. The van der Waals surface area contributed by atoms with Crippen LogP contribution < -0.4 is 0 Å². The number of esters is 2. The number of carbonyl (C=O) groups excluding carboxylic acids is 2. The number of nitrogens with zero attached hydrogens (tertiary/aromatic N) is 1. The molecule has 4 unspecified atom stereocenters. The molecule has 0 spiro atoms. The normalized spacial score (nSPS) is 30.4. The van der Waals surface area contributed by atoms with Crippen LogP contribution in [-0.2, 0) is 14.3 Å². The summed E-state index contributed by atoms with van der Waals surface area (Å²) in [5, 5.41) is 0. The molecule has 1 fully saturated rings. The van der Waals surface area contributed by atoms with Gasteiger partial charge in [0, 0.05) is 24.2 Å². The van der Waals surface area contributed by atoms with Gasteiger partial charge in [-0.2, -0.15) is 0 Å². The fourth-order valence-corrected chi connectivity index (χ4v) is 2.90. The van der Waals surface area contributed by atoms with Crippen molar-refractivity contribution in [3.63, 3.8) is 0 Å². The molecule has 0 aromatic carbocycles. The van der Waals surface area contributed by atoms with Crippen LogP contribution in [0.4, 0.5) is 0 Å². The zero-order chi connectivity index (χ0) is 15.0. The van der Waals surface area contributed by atoms with Crippen molar-refractivity contribution in [3.8, 4) is 0 Å². The van der Waals surface area contributed by atoms with Crippen molar-refractivity contribution in [2.24, 2.45) is 11.8 Å². The largest absolute Gasteiger partial charge is 0.456 e. The fraction of sp³-hybridized carbons (Fsp3) is 0.438. The van der Waals surface area contributed by atoms with Gasteiger partial charge in [0.2, 0.25) is 0 Å². The third-order valence-electron chi connectivity index (χ3n) is 4.31. The molecular formula is C16H17NO4. The molecule has 21 heavy (non-hydrogen) atoms. The van der Waals surface area contributed by atoms with Gasteiger partial charge in [-0.25, -0.2) is 9.59 Å². The van der Waals surface area contributed by atoms with E-state index < -0.39 is 23.6 Å². The van der Waals surface area contributed by atoms with Gasteiger partial charge in [-0.3, -0.25) is 4.98 Å². The van der Waals surface area contributed by atoms with Crippen LogP contribution in [0, 0.1) is 11.8 Å². The highest BCUT2D eigenvalue weighted by molar-refractivity contribution is 5.91. The number of allylic oxidation sites excluding steroid dienone is 1. The molecule has 1 aromatic rings. The van der Waals surface area contributed by atoms with Gasteiger partial charge >= 0.3 is 11.9 Å². The maximum Gasteiger partial charge on any atom is 0.347 e. The maximum absolute atomic E-state index is 12.1. The van der Waals surface area contributed by atoms with Gasteiger partial charge in [0.25, 0.3) is 0 Å². The van der Waals surface area contributed by atoms with E-state index in [-0.39, 0.29) is 0 Å². The molecule has 1 saturated carbocycles. The number of carbonyl (C=O) groups is 2. The summed E-state index contributed by atoms with van der Waals surface area (Å²) >= 11 is 0. The van der Waals surface area contributed by atoms with Gasteiger partial charge in [0.1, 0.15) is 5.60 Å². The Morgan fingerprint density at radius 1 is 1.38 bits per heavy atom. The van der Waals surface area contributed by atoms with Crippen LogP contribution in [0.3, 0.4) is 0 Å². The summed E-state index contributed by atoms with van der Waals surface area (Å²) in [6, 6.07) is 3.08. The Labute approximate surface area is 123 Å². The third kappa shape index (κ3) is 2.44. The summed E-state index contributed by atoms with van der Waals surface area (Å²) in [6.07, 6.45) is 7.22. The van der Waals surface area contributed by atoms with E-state index in [9.17, 15) is 9.59 Å². The summed E-state index contributed by atoms with van der Waals surface area (Å²) in [7, 11) is 0. The summed E-state index contributed by atoms with van der Waals surface area (Å²) in [5.74, 6) is -0.361. The van der Waals surface area contributed by atoms with Gasteiger partial charge in [-0.15, -0.1) is 0 Å². The molecule has 2 aliphatic carbocycles. The molecule has 0 aliphatic heterocycles. The summed E-state index contributed by atoms with van der Waals surface area (Å²) in [4.78, 5) is 27.8. The van der Waals surface area contributed by atoms with Crippen LogP contribution in [0.25, 0.3) is 0 Å². The first kappa shape index (κ1) is 13.8. The highest BCUT2D eigenvalue weighted by Crippen LogP contribution is 2.59. The number of ether oxygens (including phenoxy) is 2. The molecule has 5 heteroatoms. The second-order valence-corrected chi connectivity index (χ2v) is 5.68. The van der Waals surface area contributed by atoms with Gasteiger partial charge in [-0.05, 0) is 32.4 Å². The Kier molecular flexibility index (Phi) is 3.27. The predicted octanol–water partition coefficient (Wildman–Crippen LogP) is 2.13. The van der Waals surface area contributed by atoms with Crippen molar-refractivity contribution >= 4 is 11.9 Å². The zero-order valence-electron chi connectivity index (χ0n) is 12.0. The number of aromatic nitrogens is 1. The van der Waals surface area contributed by atoms with Crippen molar-refractivity contribution in [2.45, 2.75) is 32.0 Å². The molecule has 110 valence electrons. The van der Waals surface area contributed by atoms with E-state index in [0.29, 0.717) is 17.4 Å². The molecule has 1 aromatic heterocycles. The van der Waals surface area contributed by atoms with Crippen molar-refractivity contribution < 1.29 is 19.1 Å². The Morgan fingerprint density at radius 2 is 2.10 bits per heavy atom. The zero-order valence-corrected chi connectivity index (χ0v) is 12.0. The molecule has 4 atom stereocenters. The van der Waals surface area contributed by atoms with Crippen LogP contribution in [-0.4, -0.2) is 28.6 Å². The number of hydrogen-bond acceptors (Lipinski definition) is 5. The SMILES string of the molecule is CC(OC(=O)c1ccncc1)C(=O)OC1(C)C2C=CCC21. The molecule has 0 amide bonds. The van der Waals surface area contributed by atoms with E-state index in [1.165, 1.54) is 31.5 Å². The highest BCUT2D eigenvalue weighted by Gasteiger charge is 2.64. The van der Waals surface area contributed by atoms with Crippen molar-refractivity contribution in [1.82, 2.24) is 4.98 Å². The molecule has 0 saturated heterocycles. The Morgan fingerprint density at radius 3 is 2.71 bits per heavy atom. The average Bonchev–Trinajstić information content (AvgIpc) is 2.85. The Hall–Kier alpha value is -2.17. The van der Waals surface area contributed by atoms with E-state index in [2.05, 4.69) is 17.1 Å². The number of fused-ring (bicyclic) bond motifs is 1. The van der Waals surface area contributed by atoms with Crippen LogP contribution in [0.15, 0.2) is 36.7 Å². The quantitative estimate of drug-likeness (QED) is 0.627. The Balaban J connectivity index is 1.56. The first-order valence-electron chi connectivity index (χ1n) is 7.03. The standard InChI is InChI=1S/C16H17NO4/c1-10(20-15(19)11-6-8-17-9-7-11)14(18)21-16(2)12-4-3-5-13(12)16/h3-4,6-10,12-13H,5H2,1-2H3. The molecule has 2 aliphatic rings. The summed E-state index contributed by atoms with van der Waals surface area (Å²) in [5.41, 5.74) is -0.0644. The lowest BCUT2D eigenvalue weighted by molar-refractivity contribution is -0.161. The van der Waals surface area contributed by atoms with E-state index in [4.69, 9.17) is 9.47 Å². The molecule has 1 heterocycles. The summed E-state index contributed by atoms with van der Waals surface area (Å²) in [6.45, 7) is 3.46. The second-order valence-electron chi connectivity index (χ2n) is 5.68. The van der Waals surface area contributed by atoms with Crippen molar-refractivity contribution in [3.05, 3.63) is 42.2 Å². The number of rotatable bonds is 4. The van der Waals surface area contributed by atoms with Gasteiger partial charge < -0.3 is 9.47 Å². The first-order chi connectivity index (χ1) is 10.0. The van der Waals surface area contributed by atoms with E-state index in [1.54, 1.807) is 0 Å². The number of hydrogen-bond donors (Lipinski definition) is 0. The fourth-order valence-electron chi connectivity index (χ4n) is 2.90. The topological polar surface area (TPSA) is 65.5 Å². The number of pyridine rings is 1. The second kappa shape index (κ2) is 4.98. The highest BCUT2D eigenvalue weighted by atomic mass is 16.6. The molecule has 0 radical (unpaired) electrons. The van der Waals surface area contributed by atoms with Crippen molar-refractivity contribution in [1.29, 1.82) is 0 Å². The monoisotopic (exact) mass is 287 g/mol. The lowest BCUT2D eigenvalue weighted by atomic mass is 10.2. The minimum atomic E-state index is -0.923. The van der Waals surface area contributed by atoms with Crippen LogP contribution >= 0.6 is 0 Å². The third-order valence-corrected chi connectivity index (χ3v) is 4.31. The Bertz CT molecular complexity index is 598. The molecule has 5 nitrogen and oxygen atoms in total. The van der Waals surface area contributed by atoms with E-state index in [0.717, 1.165) is 6.42 Å². The van der Waals surface area contributed by atoms with Gasteiger partial charge in [-0.1, -0.05) is 12.2 Å². The first-order valence-corrected chi connectivity index (χ1v) is 7.03. The van der Waals surface area contributed by atoms with Crippen LogP contribution in [0.1, 0.15) is 30.6 Å². The van der Waals surface area contributed by atoms with E-state index >= 15 is 0 Å². The van der Waals surface area contributed by atoms with Crippen LogP contribution in [0.5, 0.6) is 0 Å².